The number of rotatable bonds is 4. The molecule has 1 aromatic carbocycles. The molecule has 3 rings (SSSR count). The number of nitrogens with one attached hydrogen (secondary N) is 1. The van der Waals surface area contributed by atoms with Crippen LogP contribution in [0.15, 0.2) is 48.9 Å². The average Bonchev–Trinajstić information content (AvgIpc) is 2.82. The number of fused-ring (bicyclic) bond motifs is 1. The summed E-state index contributed by atoms with van der Waals surface area (Å²) in [6, 6.07) is 10.5. The summed E-state index contributed by atoms with van der Waals surface area (Å²) in [5.41, 5.74) is 4.75. The number of pyridine rings is 1. The van der Waals surface area contributed by atoms with Gasteiger partial charge in [-0.1, -0.05) is 18.2 Å². The standard InChI is InChI=1S/C17H20N4/c1-20(2)17-8-9-18-11-15(17)19-10-13-12-21(3)16-7-5-4-6-14(13)16/h4-9,11-12,19H,10H2,1-3H3. The second-order valence-corrected chi connectivity index (χ2v) is 5.42. The zero-order chi connectivity index (χ0) is 14.8. The highest BCUT2D eigenvalue weighted by Gasteiger charge is 2.08. The molecule has 0 unspecified atom stereocenters. The molecule has 0 saturated carbocycles. The van der Waals surface area contributed by atoms with E-state index in [1.807, 2.05) is 32.6 Å². The molecule has 3 aromatic rings. The number of para-hydroxylation sites is 1. The molecule has 0 fully saturated rings. The predicted molar refractivity (Wildman–Crippen MR) is 88.8 cm³/mol. The fraction of sp³-hybridized carbons (Fsp3) is 0.235. The van der Waals surface area contributed by atoms with Crippen LogP contribution in [0.25, 0.3) is 10.9 Å². The Kier molecular flexibility index (Phi) is 3.52. The lowest BCUT2D eigenvalue weighted by atomic mass is 10.2. The second-order valence-electron chi connectivity index (χ2n) is 5.42. The van der Waals surface area contributed by atoms with Crippen molar-refractivity contribution in [2.75, 3.05) is 24.3 Å². The van der Waals surface area contributed by atoms with Gasteiger partial charge in [-0.15, -0.1) is 0 Å². The van der Waals surface area contributed by atoms with E-state index in [1.54, 1.807) is 0 Å². The van der Waals surface area contributed by atoms with Crippen LogP contribution >= 0.6 is 0 Å². The average molecular weight is 280 g/mol. The van der Waals surface area contributed by atoms with Crippen LogP contribution < -0.4 is 10.2 Å². The van der Waals surface area contributed by atoms with Crippen LogP contribution in [0.5, 0.6) is 0 Å². The van der Waals surface area contributed by atoms with Gasteiger partial charge in [0.15, 0.2) is 0 Å². The van der Waals surface area contributed by atoms with Crippen LogP contribution in [0.4, 0.5) is 11.4 Å². The Morgan fingerprint density at radius 3 is 2.81 bits per heavy atom. The summed E-state index contributed by atoms with van der Waals surface area (Å²) in [5.74, 6) is 0. The van der Waals surface area contributed by atoms with Crippen molar-refractivity contribution < 1.29 is 0 Å². The molecule has 0 saturated heterocycles. The maximum atomic E-state index is 4.21. The molecule has 0 spiro atoms. The molecule has 4 nitrogen and oxygen atoms in total. The summed E-state index contributed by atoms with van der Waals surface area (Å²) in [4.78, 5) is 6.30. The van der Waals surface area contributed by atoms with Crippen LogP contribution in [0, 0.1) is 0 Å². The van der Waals surface area contributed by atoms with Crippen LogP contribution in [-0.4, -0.2) is 23.6 Å². The first-order valence-electron chi connectivity index (χ1n) is 7.05. The van der Waals surface area contributed by atoms with Gasteiger partial charge in [-0.2, -0.15) is 0 Å². The number of nitrogens with zero attached hydrogens (tertiary/aromatic N) is 3. The van der Waals surface area contributed by atoms with E-state index >= 15 is 0 Å². The molecule has 0 aliphatic carbocycles. The quantitative estimate of drug-likeness (QED) is 0.796. The summed E-state index contributed by atoms with van der Waals surface area (Å²) in [7, 11) is 6.16. The first-order valence-corrected chi connectivity index (χ1v) is 7.05. The first-order chi connectivity index (χ1) is 10.2. The second kappa shape index (κ2) is 5.48. The molecule has 0 radical (unpaired) electrons. The normalized spacial score (nSPS) is 10.8. The molecule has 2 heterocycles. The molecule has 0 atom stereocenters. The van der Waals surface area contributed by atoms with Gasteiger partial charge in [-0.25, -0.2) is 0 Å². The first kappa shape index (κ1) is 13.5. The number of hydrogen-bond acceptors (Lipinski definition) is 3. The fourth-order valence-corrected chi connectivity index (χ4v) is 2.67. The Morgan fingerprint density at radius 2 is 2.00 bits per heavy atom. The SMILES string of the molecule is CN(C)c1ccncc1NCc1cn(C)c2ccccc12. The molecule has 2 aromatic heterocycles. The zero-order valence-corrected chi connectivity index (χ0v) is 12.7. The fourth-order valence-electron chi connectivity index (χ4n) is 2.67. The van der Waals surface area contributed by atoms with Crippen molar-refractivity contribution in [3.05, 3.63) is 54.5 Å². The van der Waals surface area contributed by atoms with Crippen molar-refractivity contribution in [1.82, 2.24) is 9.55 Å². The van der Waals surface area contributed by atoms with E-state index in [2.05, 4.69) is 57.3 Å². The van der Waals surface area contributed by atoms with Gasteiger partial charge >= 0.3 is 0 Å². The third-order valence-electron chi connectivity index (χ3n) is 3.73. The maximum Gasteiger partial charge on any atom is 0.0766 e. The minimum absolute atomic E-state index is 0.786. The number of hydrogen-bond donors (Lipinski definition) is 1. The van der Waals surface area contributed by atoms with Crippen LogP contribution in [0.1, 0.15) is 5.56 Å². The molecule has 108 valence electrons. The number of benzene rings is 1. The lowest BCUT2D eigenvalue weighted by molar-refractivity contribution is 0.955. The summed E-state index contributed by atoms with van der Waals surface area (Å²) in [5, 5.41) is 4.79. The van der Waals surface area contributed by atoms with Gasteiger partial charge in [0.2, 0.25) is 0 Å². The minimum Gasteiger partial charge on any atom is -0.378 e. The van der Waals surface area contributed by atoms with E-state index < -0.39 is 0 Å². The molecule has 0 amide bonds. The molecule has 21 heavy (non-hydrogen) atoms. The Labute approximate surface area is 125 Å². The molecule has 1 N–H and O–H groups in total. The maximum absolute atomic E-state index is 4.21. The largest absolute Gasteiger partial charge is 0.378 e. The van der Waals surface area contributed by atoms with Gasteiger partial charge in [0.1, 0.15) is 0 Å². The van der Waals surface area contributed by atoms with Crippen molar-refractivity contribution in [1.29, 1.82) is 0 Å². The van der Waals surface area contributed by atoms with Crippen LogP contribution in [-0.2, 0) is 13.6 Å². The van der Waals surface area contributed by atoms with Crippen molar-refractivity contribution in [2.45, 2.75) is 6.54 Å². The lowest BCUT2D eigenvalue weighted by Crippen LogP contribution is -2.12. The van der Waals surface area contributed by atoms with Crippen molar-refractivity contribution in [2.24, 2.45) is 7.05 Å². The Hall–Kier alpha value is -2.49. The van der Waals surface area contributed by atoms with Gasteiger partial charge in [0.05, 0.1) is 17.6 Å². The van der Waals surface area contributed by atoms with Gasteiger partial charge in [0.25, 0.3) is 0 Å². The topological polar surface area (TPSA) is 33.1 Å². The van der Waals surface area contributed by atoms with Gasteiger partial charge in [0, 0.05) is 51.0 Å². The number of aryl methyl sites for hydroxylation is 1. The zero-order valence-electron chi connectivity index (χ0n) is 12.7. The van der Waals surface area contributed by atoms with E-state index in [0.717, 1.165) is 17.9 Å². The van der Waals surface area contributed by atoms with E-state index in [0.29, 0.717) is 0 Å². The van der Waals surface area contributed by atoms with Gasteiger partial charge < -0.3 is 14.8 Å². The summed E-state index contributed by atoms with van der Waals surface area (Å²) in [6.07, 6.45) is 5.88. The number of anilines is 2. The molecule has 0 aliphatic rings. The molecular formula is C17H20N4. The Morgan fingerprint density at radius 1 is 1.19 bits per heavy atom. The third kappa shape index (κ3) is 2.57. The van der Waals surface area contributed by atoms with E-state index in [4.69, 9.17) is 0 Å². The van der Waals surface area contributed by atoms with Gasteiger partial charge in [-0.3, -0.25) is 4.98 Å². The molecular weight excluding hydrogens is 260 g/mol. The lowest BCUT2D eigenvalue weighted by Gasteiger charge is -2.17. The van der Waals surface area contributed by atoms with Crippen molar-refractivity contribution in [3.8, 4) is 0 Å². The summed E-state index contributed by atoms with van der Waals surface area (Å²) in [6.45, 7) is 0.786. The Balaban J connectivity index is 1.88. The molecule has 0 bridgehead atoms. The van der Waals surface area contributed by atoms with E-state index in [9.17, 15) is 0 Å². The van der Waals surface area contributed by atoms with Crippen LogP contribution in [0.2, 0.25) is 0 Å². The predicted octanol–water partition coefficient (Wildman–Crippen LogP) is 3.25. The van der Waals surface area contributed by atoms with Gasteiger partial charge in [-0.05, 0) is 17.7 Å². The van der Waals surface area contributed by atoms with Crippen molar-refractivity contribution in [3.63, 3.8) is 0 Å². The molecule has 0 aliphatic heterocycles. The molecule has 4 heteroatoms. The highest BCUT2D eigenvalue weighted by Crippen LogP contribution is 2.25. The smallest absolute Gasteiger partial charge is 0.0766 e. The van der Waals surface area contributed by atoms with E-state index in [-0.39, 0.29) is 0 Å². The van der Waals surface area contributed by atoms with Crippen LogP contribution in [0.3, 0.4) is 0 Å². The highest BCUT2D eigenvalue weighted by molar-refractivity contribution is 5.84. The minimum atomic E-state index is 0.786. The highest BCUT2D eigenvalue weighted by atomic mass is 15.1. The van der Waals surface area contributed by atoms with E-state index in [1.165, 1.54) is 16.5 Å². The third-order valence-corrected chi connectivity index (χ3v) is 3.73. The Bertz CT molecular complexity index is 758. The summed E-state index contributed by atoms with van der Waals surface area (Å²) >= 11 is 0. The number of aromatic nitrogens is 2. The van der Waals surface area contributed by atoms with Crippen molar-refractivity contribution >= 4 is 22.3 Å². The monoisotopic (exact) mass is 280 g/mol. The summed E-state index contributed by atoms with van der Waals surface area (Å²) < 4.78 is 2.17.